The molecule has 14 heavy (non-hydrogen) atoms. The first-order chi connectivity index (χ1) is 6.34. The van der Waals surface area contributed by atoms with Crippen molar-refractivity contribution in [2.45, 2.75) is 77.8 Å². The van der Waals surface area contributed by atoms with Crippen molar-refractivity contribution in [1.82, 2.24) is 0 Å². The number of ether oxygens (including phenoxy) is 2. The first-order valence-electron chi connectivity index (χ1n) is 5.69. The molecule has 0 aliphatic carbocycles. The van der Waals surface area contributed by atoms with Crippen LogP contribution in [0.3, 0.4) is 0 Å². The second kappa shape index (κ2) is 3.82. The molecule has 1 unspecified atom stereocenters. The molecule has 0 radical (unpaired) electrons. The lowest BCUT2D eigenvalue weighted by atomic mass is 9.86. The molecule has 1 aliphatic heterocycles. The molecule has 1 heterocycles. The molecule has 1 rings (SSSR count). The van der Waals surface area contributed by atoms with E-state index in [2.05, 4.69) is 41.5 Å². The van der Waals surface area contributed by atoms with E-state index >= 15 is 0 Å². The van der Waals surface area contributed by atoms with E-state index < -0.39 is 0 Å². The highest BCUT2D eigenvalue weighted by Gasteiger charge is 2.48. The molecule has 0 N–H and O–H groups in total. The van der Waals surface area contributed by atoms with E-state index in [0.29, 0.717) is 0 Å². The van der Waals surface area contributed by atoms with Crippen molar-refractivity contribution in [2.24, 2.45) is 0 Å². The van der Waals surface area contributed by atoms with E-state index in [1.54, 1.807) is 0 Å². The fourth-order valence-electron chi connectivity index (χ4n) is 1.88. The van der Waals surface area contributed by atoms with Crippen molar-refractivity contribution in [3.8, 4) is 0 Å². The predicted octanol–water partition coefficient (Wildman–Crippen LogP) is 3.15. The summed E-state index contributed by atoms with van der Waals surface area (Å²) in [6, 6.07) is 0. The summed E-state index contributed by atoms with van der Waals surface area (Å²) in [6.07, 6.45) is 2.56. The Morgan fingerprint density at radius 2 is 1.07 bits per heavy atom. The van der Waals surface area contributed by atoms with Crippen molar-refractivity contribution in [2.75, 3.05) is 0 Å². The lowest BCUT2D eigenvalue weighted by Gasteiger charge is -2.51. The van der Waals surface area contributed by atoms with Crippen LogP contribution in [0.4, 0.5) is 0 Å². The minimum absolute atomic E-state index is 0.195. The molecule has 0 aromatic rings. The van der Waals surface area contributed by atoms with Crippen molar-refractivity contribution in [3.63, 3.8) is 0 Å². The summed E-state index contributed by atoms with van der Waals surface area (Å²) in [6.45, 7) is 12.8. The largest absolute Gasteiger partial charge is 0.367 e. The van der Waals surface area contributed by atoms with E-state index in [-0.39, 0.29) is 23.4 Å². The van der Waals surface area contributed by atoms with E-state index in [0.717, 1.165) is 12.8 Å². The smallest absolute Gasteiger partial charge is 0.0914 e. The van der Waals surface area contributed by atoms with Gasteiger partial charge in [0.1, 0.15) is 0 Å². The van der Waals surface area contributed by atoms with Gasteiger partial charge in [0.05, 0.1) is 23.4 Å². The van der Waals surface area contributed by atoms with Crippen LogP contribution in [0.1, 0.15) is 54.4 Å². The summed E-state index contributed by atoms with van der Waals surface area (Å²) in [5, 5.41) is 0. The molecule has 1 fully saturated rings. The summed E-state index contributed by atoms with van der Waals surface area (Å²) in [5.74, 6) is 0. The molecule has 0 aromatic heterocycles. The molecule has 2 atom stereocenters. The quantitative estimate of drug-likeness (QED) is 0.681. The molecular weight excluding hydrogens is 176 g/mol. The summed E-state index contributed by atoms with van der Waals surface area (Å²) >= 11 is 0. The molecule has 0 bridgehead atoms. The van der Waals surface area contributed by atoms with Crippen LogP contribution in [0.15, 0.2) is 0 Å². The topological polar surface area (TPSA) is 18.5 Å². The third-order valence-corrected chi connectivity index (χ3v) is 3.56. The highest BCUT2D eigenvalue weighted by atomic mass is 16.6. The summed E-state index contributed by atoms with van der Waals surface area (Å²) < 4.78 is 12.2. The predicted molar refractivity (Wildman–Crippen MR) is 58.5 cm³/mol. The first kappa shape index (κ1) is 12.0. The van der Waals surface area contributed by atoms with Gasteiger partial charge in [0.15, 0.2) is 0 Å². The van der Waals surface area contributed by atoms with E-state index in [9.17, 15) is 0 Å². The van der Waals surface area contributed by atoms with E-state index in [1.165, 1.54) is 0 Å². The second-order valence-electron chi connectivity index (χ2n) is 5.15. The van der Waals surface area contributed by atoms with Crippen molar-refractivity contribution in [1.29, 1.82) is 0 Å². The zero-order valence-corrected chi connectivity index (χ0v) is 10.4. The normalized spacial score (nSPS) is 35.6. The molecule has 84 valence electrons. The summed E-state index contributed by atoms with van der Waals surface area (Å²) in [4.78, 5) is 0. The monoisotopic (exact) mass is 200 g/mol. The Morgan fingerprint density at radius 3 is 1.29 bits per heavy atom. The van der Waals surface area contributed by atoms with Crippen LogP contribution in [-0.2, 0) is 9.47 Å². The highest BCUT2D eigenvalue weighted by Crippen LogP contribution is 2.38. The average molecular weight is 200 g/mol. The Morgan fingerprint density at radius 1 is 0.786 bits per heavy atom. The van der Waals surface area contributed by atoms with Gasteiger partial charge in [-0.25, -0.2) is 0 Å². The van der Waals surface area contributed by atoms with Gasteiger partial charge in [-0.2, -0.15) is 0 Å². The maximum Gasteiger partial charge on any atom is 0.0914 e. The minimum atomic E-state index is -0.195. The molecule has 2 heteroatoms. The zero-order valence-electron chi connectivity index (χ0n) is 10.4. The molecule has 1 aliphatic rings. The van der Waals surface area contributed by atoms with Crippen molar-refractivity contribution in [3.05, 3.63) is 0 Å². The van der Waals surface area contributed by atoms with Gasteiger partial charge in [-0.15, -0.1) is 0 Å². The second-order valence-corrected chi connectivity index (χ2v) is 5.15. The van der Waals surface area contributed by atoms with E-state index in [1.807, 2.05) is 0 Å². The zero-order chi connectivity index (χ0) is 11.0. The van der Waals surface area contributed by atoms with Gasteiger partial charge in [-0.1, -0.05) is 13.8 Å². The maximum absolute atomic E-state index is 6.12. The molecule has 1 saturated heterocycles. The molecule has 2 nitrogen and oxygen atoms in total. The van der Waals surface area contributed by atoms with Crippen LogP contribution in [0.2, 0.25) is 0 Å². The van der Waals surface area contributed by atoms with Gasteiger partial charge in [-0.3, -0.25) is 0 Å². The Hall–Kier alpha value is -0.0800. The van der Waals surface area contributed by atoms with Crippen LogP contribution >= 0.6 is 0 Å². The average Bonchev–Trinajstić information content (AvgIpc) is 2.09. The molecule has 0 aromatic carbocycles. The highest BCUT2D eigenvalue weighted by molar-refractivity contribution is 4.96. The summed E-state index contributed by atoms with van der Waals surface area (Å²) in [7, 11) is 0. The first-order valence-corrected chi connectivity index (χ1v) is 5.69. The fraction of sp³-hybridized carbons (Fsp3) is 1.00. The Labute approximate surface area is 88.0 Å². The summed E-state index contributed by atoms with van der Waals surface area (Å²) in [5.41, 5.74) is -0.390. The number of rotatable bonds is 2. The van der Waals surface area contributed by atoms with Crippen molar-refractivity contribution < 1.29 is 9.47 Å². The standard InChI is InChI=1S/C12H24O2/c1-7-9-10(8-2)14-12(5,6)11(3,4)13-9/h9-10H,7-8H2,1-6H3/t9-,10?/m0/s1. The van der Waals surface area contributed by atoms with Gasteiger partial charge in [-0.05, 0) is 40.5 Å². The Kier molecular flexibility index (Phi) is 3.27. The van der Waals surface area contributed by atoms with Crippen LogP contribution in [-0.4, -0.2) is 23.4 Å². The van der Waals surface area contributed by atoms with Crippen LogP contribution in [0.25, 0.3) is 0 Å². The third-order valence-electron chi connectivity index (χ3n) is 3.56. The van der Waals surface area contributed by atoms with Gasteiger partial charge in [0.25, 0.3) is 0 Å². The third kappa shape index (κ3) is 1.96. The Balaban J connectivity index is 2.81. The number of hydrogen-bond acceptors (Lipinski definition) is 2. The Bertz CT molecular complexity index is 174. The lowest BCUT2D eigenvalue weighted by molar-refractivity contribution is -0.294. The minimum Gasteiger partial charge on any atom is -0.367 e. The van der Waals surface area contributed by atoms with Crippen molar-refractivity contribution >= 4 is 0 Å². The van der Waals surface area contributed by atoms with Gasteiger partial charge >= 0.3 is 0 Å². The van der Waals surface area contributed by atoms with Gasteiger partial charge < -0.3 is 9.47 Å². The maximum atomic E-state index is 6.12. The van der Waals surface area contributed by atoms with Crippen LogP contribution in [0.5, 0.6) is 0 Å². The molecule has 0 amide bonds. The SMILES string of the molecule is CCC1OC(C)(C)C(C)(C)O[C@H]1CC. The van der Waals surface area contributed by atoms with E-state index in [4.69, 9.17) is 9.47 Å². The number of hydrogen-bond donors (Lipinski definition) is 0. The molecular formula is C12H24O2. The molecule has 0 saturated carbocycles. The van der Waals surface area contributed by atoms with Gasteiger partial charge in [0.2, 0.25) is 0 Å². The molecule has 0 spiro atoms. The lowest BCUT2D eigenvalue weighted by Crippen LogP contribution is -2.60. The van der Waals surface area contributed by atoms with Gasteiger partial charge in [0, 0.05) is 0 Å². The van der Waals surface area contributed by atoms with Crippen LogP contribution in [0, 0.1) is 0 Å². The van der Waals surface area contributed by atoms with Crippen LogP contribution < -0.4 is 0 Å². The fourth-order valence-corrected chi connectivity index (χ4v) is 1.88.